The van der Waals surface area contributed by atoms with E-state index in [0.717, 1.165) is 34.0 Å². The molecule has 1 saturated heterocycles. The Morgan fingerprint density at radius 2 is 1.94 bits per heavy atom. The molecule has 1 aliphatic heterocycles. The molecule has 4 rings (SSSR count). The molecule has 8 nitrogen and oxygen atoms in total. The third kappa shape index (κ3) is 6.21. The van der Waals surface area contributed by atoms with E-state index in [-0.39, 0.29) is 23.3 Å². The molecule has 2 atom stereocenters. The maximum Gasteiger partial charge on any atom is 0.419 e. The molecule has 2 heterocycles. The number of hydrogen-bond acceptors (Lipinski definition) is 7. The van der Waals surface area contributed by atoms with Crippen LogP contribution in [0.3, 0.4) is 0 Å². The number of hydrogen-bond donors (Lipinski definition) is 1. The van der Waals surface area contributed by atoms with Crippen LogP contribution in [0.25, 0.3) is 0 Å². The van der Waals surface area contributed by atoms with E-state index in [4.69, 9.17) is 9.47 Å². The van der Waals surface area contributed by atoms with Crippen LogP contribution in [0.4, 0.5) is 22.8 Å². The van der Waals surface area contributed by atoms with Crippen molar-refractivity contribution in [1.82, 2.24) is 14.9 Å². The van der Waals surface area contributed by atoms with E-state index >= 15 is 0 Å². The zero-order chi connectivity index (χ0) is 25.0. The number of ether oxygens (including phenoxy) is 2. The summed E-state index contributed by atoms with van der Waals surface area (Å²) in [5.41, 5.74) is 0.0230. The lowest BCUT2D eigenvalue weighted by molar-refractivity contribution is -0.137. The van der Waals surface area contributed by atoms with Crippen LogP contribution in [0.1, 0.15) is 22.8 Å². The van der Waals surface area contributed by atoms with Gasteiger partial charge in [-0.25, -0.2) is 14.3 Å². The molecular formula is C23H18F3N3O5S. The van der Waals surface area contributed by atoms with Gasteiger partial charge in [-0.05, 0) is 41.8 Å². The van der Waals surface area contributed by atoms with Crippen LogP contribution in [-0.4, -0.2) is 38.6 Å². The normalized spacial score (nSPS) is 16.6. The number of carbonyl (C=O) groups excluding carboxylic acids is 3. The zero-order valence-electron chi connectivity index (χ0n) is 17.9. The molecule has 182 valence electrons. The van der Waals surface area contributed by atoms with Gasteiger partial charge in [-0.15, -0.1) is 0 Å². The Bertz CT molecular complexity index is 1220. The summed E-state index contributed by atoms with van der Waals surface area (Å²) >= 11 is 0.926. The van der Waals surface area contributed by atoms with E-state index in [1.54, 1.807) is 24.3 Å². The lowest BCUT2D eigenvalue weighted by Crippen LogP contribution is -2.25. The van der Waals surface area contributed by atoms with E-state index in [9.17, 15) is 27.6 Å². The van der Waals surface area contributed by atoms with Crippen LogP contribution in [0, 0.1) is 0 Å². The van der Waals surface area contributed by atoms with Gasteiger partial charge in [0, 0.05) is 12.4 Å². The van der Waals surface area contributed by atoms with Gasteiger partial charge in [0.2, 0.25) is 5.91 Å². The van der Waals surface area contributed by atoms with E-state index in [1.165, 1.54) is 30.9 Å². The summed E-state index contributed by atoms with van der Waals surface area (Å²) in [6.07, 6.45) is -2.27. The number of alkyl halides is 3. The second-order valence-electron chi connectivity index (χ2n) is 7.51. The van der Waals surface area contributed by atoms with Crippen LogP contribution >= 0.6 is 11.8 Å². The van der Waals surface area contributed by atoms with Gasteiger partial charge < -0.3 is 9.47 Å². The van der Waals surface area contributed by atoms with Gasteiger partial charge in [0.05, 0.1) is 10.8 Å². The highest BCUT2D eigenvalue weighted by Crippen LogP contribution is 2.32. The lowest BCUT2D eigenvalue weighted by atomic mass is 10.1. The van der Waals surface area contributed by atoms with E-state index in [0.29, 0.717) is 12.2 Å². The Morgan fingerprint density at radius 3 is 2.57 bits per heavy atom. The predicted molar refractivity (Wildman–Crippen MR) is 119 cm³/mol. The van der Waals surface area contributed by atoms with E-state index in [2.05, 4.69) is 10.3 Å². The average Bonchev–Trinajstić information content (AvgIpc) is 3.47. The summed E-state index contributed by atoms with van der Waals surface area (Å²) in [6.45, 7) is -0.253. The maximum absolute atomic E-state index is 13.2. The standard InChI is InChI=1S/C23H18F3N3O5S/c24-23(25,26)16-3-1-2-15(11-16)18(34-22(32)29-9-8-27-13-29)12-33-17-6-4-14(5-7-17)10-19-20(30)28-21(31)35-19/h1-9,11,13,18-19H,10,12H2,(H,28,30,31). The van der Waals surface area contributed by atoms with Crippen molar-refractivity contribution in [3.05, 3.63) is 83.9 Å². The highest BCUT2D eigenvalue weighted by molar-refractivity contribution is 8.15. The molecule has 3 aromatic rings. The second-order valence-corrected chi connectivity index (χ2v) is 8.68. The molecule has 0 aliphatic carbocycles. The van der Waals surface area contributed by atoms with Crippen molar-refractivity contribution < 1.29 is 37.0 Å². The molecule has 12 heteroatoms. The third-order valence-electron chi connectivity index (χ3n) is 5.06. The van der Waals surface area contributed by atoms with Crippen LogP contribution < -0.4 is 10.1 Å². The van der Waals surface area contributed by atoms with Gasteiger partial charge in [-0.2, -0.15) is 13.2 Å². The first-order chi connectivity index (χ1) is 16.7. The number of halogens is 3. The SMILES string of the molecule is O=C1NC(=O)C(Cc2ccc(OCC(OC(=O)n3ccnc3)c3cccc(C(F)(F)F)c3)cc2)S1. The summed E-state index contributed by atoms with van der Waals surface area (Å²) in [6, 6.07) is 11.1. The topological polar surface area (TPSA) is 99.5 Å². The number of carbonyl (C=O) groups is 3. The highest BCUT2D eigenvalue weighted by atomic mass is 32.2. The zero-order valence-corrected chi connectivity index (χ0v) is 18.7. The molecule has 2 unspecified atom stereocenters. The van der Waals surface area contributed by atoms with Crippen molar-refractivity contribution in [2.45, 2.75) is 24.0 Å². The molecule has 1 aromatic heterocycles. The largest absolute Gasteiger partial charge is 0.489 e. The molecule has 2 amide bonds. The third-order valence-corrected chi connectivity index (χ3v) is 6.04. The average molecular weight is 505 g/mol. The number of benzene rings is 2. The Hall–Kier alpha value is -3.80. The summed E-state index contributed by atoms with van der Waals surface area (Å²) in [4.78, 5) is 39.2. The number of rotatable bonds is 7. The van der Waals surface area contributed by atoms with Crippen molar-refractivity contribution >= 4 is 29.0 Å². The first-order valence-corrected chi connectivity index (χ1v) is 11.2. The minimum Gasteiger partial charge on any atom is -0.489 e. The summed E-state index contributed by atoms with van der Waals surface area (Å²) in [5.74, 6) is 0.0352. The molecule has 1 fully saturated rings. The molecule has 1 aliphatic rings. The molecule has 0 spiro atoms. The molecule has 2 aromatic carbocycles. The van der Waals surface area contributed by atoms with Gasteiger partial charge in [0.15, 0.2) is 6.10 Å². The maximum atomic E-state index is 13.2. The quantitative estimate of drug-likeness (QED) is 0.501. The number of imide groups is 1. The molecule has 0 radical (unpaired) electrons. The van der Waals surface area contributed by atoms with Gasteiger partial charge in [0.25, 0.3) is 5.24 Å². The lowest BCUT2D eigenvalue weighted by Gasteiger charge is -2.20. The smallest absolute Gasteiger partial charge is 0.419 e. The Labute approximate surface area is 201 Å². The summed E-state index contributed by atoms with van der Waals surface area (Å²) < 4.78 is 51.8. The molecule has 0 bridgehead atoms. The summed E-state index contributed by atoms with van der Waals surface area (Å²) in [7, 11) is 0. The number of aromatic nitrogens is 2. The van der Waals surface area contributed by atoms with Crippen LogP contribution in [0.2, 0.25) is 0 Å². The van der Waals surface area contributed by atoms with E-state index < -0.39 is 29.2 Å². The van der Waals surface area contributed by atoms with Gasteiger partial charge >= 0.3 is 12.3 Å². The van der Waals surface area contributed by atoms with Gasteiger partial charge in [-0.1, -0.05) is 36.0 Å². The summed E-state index contributed by atoms with van der Waals surface area (Å²) in [5, 5.41) is 1.33. The first-order valence-electron chi connectivity index (χ1n) is 10.3. The first kappa shape index (κ1) is 24.3. The number of imidazole rings is 1. The fourth-order valence-electron chi connectivity index (χ4n) is 3.30. The number of amides is 2. The highest BCUT2D eigenvalue weighted by Gasteiger charge is 2.32. The Balaban J connectivity index is 1.46. The molecule has 35 heavy (non-hydrogen) atoms. The van der Waals surface area contributed by atoms with Crippen molar-refractivity contribution in [2.24, 2.45) is 0 Å². The fraction of sp³-hybridized carbons (Fsp3) is 0.217. The van der Waals surface area contributed by atoms with Crippen molar-refractivity contribution in [2.75, 3.05) is 6.61 Å². The number of nitrogens with one attached hydrogen (secondary N) is 1. The minimum atomic E-state index is -4.56. The molecular weight excluding hydrogens is 487 g/mol. The van der Waals surface area contributed by atoms with Gasteiger partial charge in [0.1, 0.15) is 18.7 Å². The minimum absolute atomic E-state index is 0.110. The second kappa shape index (κ2) is 10.2. The Morgan fingerprint density at radius 1 is 1.17 bits per heavy atom. The van der Waals surface area contributed by atoms with E-state index in [1.807, 2.05) is 0 Å². The Kier molecular flexibility index (Phi) is 7.10. The van der Waals surface area contributed by atoms with Crippen LogP contribution in [-0.2, 0) is 22.1 Å². The number of nitrogens with zero attached hydrogens (tertiary/aromatic N) is 2. The van der Waals surface area contributed by atoms with Crippen LogP contribution in [0.5, 0.6) is 5.75 Å². The molecule has 1 N–H and O–H groups in total. The predicted octanol–water partition coefficient (Wildman–Crippen LogP) is 4.60. The van der Waals surface area contributed by atoms with Crippen molar-refractivity contribution in [3.63, 3.8) is 0 Å². The van der Waals surface area contributed by atoms with Crippen LogP contribution in [0.15, 0.2) is 67.3 Å². The van der Waals surface area contributed by atoms with Crippen molar-refractivity contribution in [1.29, 1.82) is 0 Å². The van der Waals surface area contributed by atoms with Gasteiger partial charge in [-0.3, -0.25) is 14.9 Å². The fourth-order valence-corrected chi connectivity index (χ4v) is 4.16. The monoisotopic (exact) mass is 505 g/mol. The van der Waals surface area contributed by atoms with Crippen molar-refractivity contribution in [3.8, 4) is 5.75 Å². The molecule has 0 saturated carbocycles. The number of thioether (sulfide) groups is 1.